The highest BCUT2D eigenvalue weighted by Gasteiger charge is 2.26. The summed E-state index contributed by atoms with van der Waals surface area (Å²) in [6.07, 6.45) is 0.144. The summed E-state index contributed by atoms with van der Waals surface area (Å²) in [6.45, 7) is 4.96. The van der Waals surface area contributed by atoms with Crippen molar-refractivity contribution in [2.24, 2.45) is 0 Å². The van der Waals surface area contributed by atoms with Crippen LogP contribution < -0.4 is 5.32 Å². The zero-order valence-corrected chi connectivity index (χ0v) is 18.0. The van der Waals surface area contributed by atoms with Crippen LogP contribution in [0.5, 0.6) is 0 Å². The molecule has 1 amide bonds. The topological polar surface area (TPSA) is 69.7 Å². The summed E-state index contributed by atoms with van der Waals surface area (Å²) in [7, 11) is -3.75. The van der Waals surface area contributed by atoms with E-state index in [1.165, 1.54) is 4.31 Å². The molecule has 1 aliphatic rings. The van der Waals surface area contributed by atoms with E-state index in [9.17, 15) is 13.2 Å². The van der Waals surface area contributed by atoms with Crippen LogP contribution in [0.2, 0.25) is 5.02 Å². The normalized spacial score (nSPS) is 14.9. The summed E-state index contributed by atoms with van der Waals surface area (Å²) < 4.78 is 28.0. The van der Waals surface area contributed by atoms with Gasteiger partial charge in [-0.15, -0.1) is 0 Å². The van der Waals surface area contributed by atoms with E-state index in [1.54, 1.807) is 41.3 Å². The predicted molar refractivity (Wildman–Crippen MR) is 114 cm³/mol. The SMILES string of the molecule is Cc1cccc(S(=O)(=O)N(CCC(=O)N2CCNCC2)Cc2cccc(Cl)c2)c1. The van der Waals surface area contributed by atoms with Crippen molar-refractivity contribution < 1.29 is 13.2 Å². The van der Waals surface area contributed by atoms with Crippen molar-refractivity contribution in [1.29, 1.82) is 0 Å². The molecule has 2 aromatic rings. The van der Waals surface area contributed by atoms with E-state index >= 15 is 0 Å². The average Bonchev–Trinajstić information content (AvgIpc) is 2.71. The maximum Gasteiger partial charge on any atom is 0.243 e. The van der Waals surface area contributed by atoms with Gasteiger partial charge in [0.1, 0.15) is 0 Å². The standard InChI is InChI=1S/C21H26ClN3O3S/c1-17-4-2-7-20(14-17)29(27,28)25(16-18-5-3-6-19(22)15-18)11-8-21(26)24-12-9-23-10-13-24/h2-7,14-15,23H,8-13,16H2,1H3. The Morgan fingerprint density at radius 1 is 1.14 bits per heavy atom. The lowest BCUT2D eigenvalue weighted by molar-refractivity contribution is -0.131. The summed E-state index contributed by atoms with van der Waals surface area (Å²) in [5.41, 5.74) is 1.65. The van der Waals surface area contributed by atoms with Crippen LogP contribution in [0.25, 0.3) is 0 Å². The summed E-state index contributed by atoms with van der Waals surface area (Å²) in [5, 5.41) is 3.76. The minimum absolute atomic E-state index is 0.0259. The lowest BCUT2D eigenvalue weighted by Crippen LogP contribution is -2.47. The molecule has 1 aliphatic heterocycles. The fourth-order valence-electron chi connectivity index (χ4n) is 3.34. The minimum atomic E-state index is -3.75. The average molecular weight is 436 g/mol. The van der Waals surface area contributed by atoms with Gasteiger partial charge in [-0.3, -0.25) is 4.79 Å². The predicted octanol–water partition coefficient (Wildman–Crippen LogP) is 2.66. The largest absolute Gasteiger partial charge is 0.340 e. The molecule has 156 valence electrons. The molecule has 0 atom stereocenters. The van der Waals surface area contributed by atoms with Crippen LogP contribution in [0.15, 0.2) is 53.4 Å². The fraction of sp³-hybridized carbons (Fsp3) is 0.381. The van der Waals surface area contributed by atoms with E-state index in [2.05, 4.69) is 5.32 Å². The van der Waals surface area contributed by atoms with Crippen molar-refractivity contribution in [2.45, 2.75) is 24.8 Å². The summed E-state index contributed by atoms with van der Waals surface area (Å²) in [4.78, 5) is 14.6. The Bertz CT molecular complexity index is 959. The highest BCUT2D eigenvalue weighted by atomic mass is 35.5. The number of halogens is 1. The Kier molecular flexibility index (Phi) is 7.29. The zero-order chi connectivity index (χ0) is 20.9. The maximum absolute atomic E-state index is 13.3. The number of nitrogens with zero attached hydrogens (tertiary/aromatic N) is 2. The van der Waals surface area contributed by atoms with E-state index in [0.717, 1.165) is 24.2 Å². The molecular weight excluding hydrogens is 410 g/mol. The highest BCUT2D eigenvalue weighted by molar-refractivity contribution is 7.89. The van der Waals surface area contributed by atoms with Crippen LogP contribution in [-0.4, -0.2) is 56.3 Å². The number of carbonyl (C=O) groups is 1. The van der Waals surface area contributed by atoms with Crippen LogP contribution >= 0.6 is 11.6 Å². The molecule has 0 aliphatic carbocycles. The van der Waals surface area contributed by atoms with Gasteiger partial charge in [0.25, 0.3) is 0 Å². The quantitative estimate of drug-likeness (QED) is 0.725. The Morgan fingerprint density at radius 2 is 1.86 bits per heavy atom. The third-order valence-corrected chi connectivity index (χ3v) is 7.00. The Morgan fingerprint density at radius 3 is 2.55 bits per heavy atom. The number of nitrogens with one attached hydrogen (secondary N) is 1. The highest BCUT2D eigenvalue weighted by Crippen LogP contribution is 2.21. The van der Waals surface area contributed by atoms with Crippen LogP contribution in [-0.2, 0) is 21.4 Å². The first-order valence-electron chi connectivity index (χ1n) is 9.66. The molecule has 0 spiro atoms. The van der Waals surface area contributed by atoms with Gasteiger partial charge in [0.05, 0.1) is 4.90 Å². The van der Waals surface area contributed by atoms with Gasteiger partial charge in [-0.25, -0.2) is 8.42 Å². The fourth-order valence-corrected chi connectivity index (χ4v) is 5.09. The number of benzene rings is 2. The van der Waals surface area contributed by atoms with Crippen molar-refractivity contribution in [2.75, 3.05) is 32.7 Å². The molecule has 1 heterocycles. The molecular formula is C21H26ClN3O3S. The molecule has 1 fully saturated rings. The first-order chi connectivity index (χ1) is 13.9. The Hall–Kier alpha value is -1.93. The van der Waals surface area contributed by atoms with E-state index < -0.39 is 10.0 Å². The van der Waals surface area contributed by atoms with Gasteiger partial charge in [-0.1, -0.05) is 35.9 Å². The number of rotatable bonds is 7. The molecule has 0 bridgehead atoms. The lowest BCUT2D eigenvalue weighted by atomic mass is 10.2. The number of aryl methyl sites for hydroxylation is 1. The lowest BCUT2D eigenvalue weighted by Gasteiger charge is -2.29. The van der Waals surface area contributed by atoms with Crippen molar-refractivity contribution >= 4 is 27.5 Å². The van der Waals surface area contributed by atoms with Gasteiger partial charge in [-0.2, -0.15) is 4.31 Å². The van der Waals surface area contributed by atoms with E-state index in [-0.39, 0.29) is 30.3 Å². The first kappa shape index (κ1) is 21.8. The second-order valence-corrected chi connectivity index (χ2v) is 9.54. The Labute approximate surface area is 177 Å². The molecule has 29 heavy (non-hydrogen) atoms. The van der Waals surface area contributed by atoms with Gasteiger partial charge in [-0.05, 0) is 42.3 Å². The first-order valence-corrected chi connectivity index (χ1v) is 11.5. The molecule has 0 radical (unpaired) electrons. The third-order valence-electron chi connectivity index (χ3n) is 4.92. The maximum atomic E-state index is 13.3. The zero-order valence-electron chi connectivity index (χ0n) is 16.5. The third kappa shape index (κ3) is 5.79. The summed E-state index contributed by atoms with van der Waals surface area (Å²) >= 11 is 6.07. The van der Waals surface area contributed by atoms with Crippen LogP contribution in [0.3, 0.4) is 0 Å². The monoisotopic (exact) mass is 435 g/mol. The van der Waals surface area contributed by atoms with E-state index in [4.69, 9.17) is 11.6 Å². The van der Waals surface area contributed by atoms with E-state index in [1.807, 2.05) is 19.1 Å². The van der Waals surface area contributed by atoms with Gasteiger partial charge >= 0.3 is 0 Å². The molecule has 0 saturated carbocycles. The van der Waals surface area contributed by atoms with E-state index in [0.29, 0.717) is 18.1 Å². The molecule has 3 rings (SSSR count). The van der Waals surface area contributed by atoms with Crippen molar-refractivity contribution in [3.63, 3.8) is 0 Å². The Balaban J connectivity index is 1.81. The number of carbonyl (C=O) groups excluding carboxylic acids is 1. The number of amides is 1. The van der Waals surface area contributed by atoms with Gasteiger partial charge in [0.15, 0.2) is 0 Å². The van der Waals surface area contributed by atoms with Gasteiger partial charge < -0.3 is 10.2 Å². The smallest absolute Gasteiger partial charge is 0.243 e. The molecule has 1 N–H and O–H groups in total. The second-order valence-electron chi connectivity index (χ2n) is 7.17. The molecule has 8 heteroatoms. The van der Waals surface area contributed by atoms with Crippen molar-refractivity contribution in [1.82, 2.24) is 14.5 Å². The second kappa shape index (κ2) is 9.71. The molecule has 2 aromatic carbocycles. The molecule has 1 saturated heterocycles. The number of sulfonamides is 1. The van der Waals surface area contributed by atoms with Crippen LogP contribution in [0, 0.1) is 6.92 Å². The van der Waals surface area contributed by atoms with Crippen molar-refractivity contribution in [3.05, 3.63) is 64.7 Å². The molecule has 0 unspecified atom stereocenters. The van der Waals surface area contributed by atoms with Crippen LogP contribution in [0.1, 0.15) is 17.5 Å². The summed E-state index contributed by atoms with van der Waals surface area (Å²) in [5.74, 6) is -0.0259. The van der Waals surface area contributed by atoms with Gasteiger partial charge in [0.2, 0.25) is 15.9 Å². The van der Waals surface area contributed by atoms with Crippen LogP contribution in [0.4, 0.5) is 0 Å². The summed E-state index contributed by atoms with van der Waals surface area (Å²) in [6, 6.07) is 13.9. The minimum Gasteiger partial charge on any atom is -0.340 e. The number of hydrogen-bond acceptors (Lipinski definition) is 4. The molecule has 0 aromatic heterocycles. The molecule has 6 nitrogen and oxygen atoms in total. The number of piperazine rings is 1. The number of hydrogen-bond donors (Lipinski definition) is 1. The van der Waals surface area contributed by atoms with Crippen molar-refractivity contribution in [3.8, 4) is 0 Å². The van der Waals surface area contributed by atoms with Gasteiger partial charge in [0, 0.05) is 50.7 Å².